The minimum absolute atomic E-state index is 0. The van der Waals surface area contributed by atoms with Gasteiger partial charge in [0.25, 0.3) is 0 Å². The third-order valence-corrected chi connectivity index (χ3v) is 6.51. The van der Waals surface area contributed by atoms with Gasteiger partial charge in [0, 0.05) is 49.4 Å². The van der Waals surface area contributed by atoms with Crippen molar-refractivity contribution in [2.45, 2.75) is 38.6 Å². The molecule has 1 aromatic heterocycles. The minimum atomic E-state index is -0.181. The molecule has 0 N–H and O–H groups in total. The van der Waals surface area contributed by atoms with Crippen molar-refractivity contribution in [3.8, 4) is 0 Å². The molecule has 157 valence electrons. The summed E-state index contributed by atoms with van der Waals surface area (Å²) in [6, 6.07) is 22.5. The van der Waals surface area contributed by atoms with Crippen molar-refractivity contribution in [3.63, 3.8) is 0 Å². The zero-order valence-corrected chi connectivity index (χ0v) is 20.4. The standard InChI is InChI=1S/C24H25N2.CH3.2ClH.Cr/c1-16-14-22-21(15-17(2)26(22)19-10-4-3-5-11-19)23(16)20-12-6-8-18-9-7-13-25-24(18)20;;;;/h3-13,16,21-23H,14-15H2,1-2H3;1H3;2*1H;/q+1;-1;;;+3/p-2. The molecule has 1 saturated carbocycles. The summed E-state index contributed by atoms with van der Waals surface area (Å²) in [5, 5.41) is 1.26. The molecule has 2 aromatic carbocycles. The van der Waals surface area contributed by atoms with E-state index in [-0.39, 0.29) is 20.8 Å². The molecular weight excluding hydrogens is 451 g/mol. The van der Waals surface area contributed by atoms with E-state index in [1.165, 1.54) is 40.7 Å². The predicted molar refractivity (Wildman–Crippen MR) is 125 cm³/mol. The molecule has 30 heavy (non-hydrogen) atoms. The van der Waals surface area contributed by atoms with Crippen molar-refractivity contribution in [3.05, 3.63) is 79.9 Å². The third kappa shape index (κ3) is 4.32. The van der Waals surface area contributed by atoms with Crippen LogP contribution in [0, 0.1) is 19.3 Å². The Morgan fingerprint density at radius 1 is 1.00 bits per heavy atom. The number of hydrogen-bond donors (Lipinski definition) is 0. The average molecular weight is 479 g/mol. The number of hydrogen-bond acceptors (Lipinski definition) is 1. The fourth-order valence-electron chi connectivity index (χ4n) is 5.58. The zero-order valence-electron chi connectivity index (χ0n) is 17.6. The molecule has 0 radical (unpaired) electrons. The Bertz CT molecular complexity index is 1020. The second-order valence-corrected chi connectivity index (χ2v) is 10.2. The molecule has 5 rings (SSSR count). The molecule has 0 spiro atoms. The number of pyridine rings is 1. The molecule has 3 aromatic rings. The number of para-hydroxylation sites is 2. The normalized spacial score (nSPS) is 24.7. The summed E-state index contributed by atoms with van der Waals surface area (Å²) >= 11 is -0.181. The maximum absolute atomic E-state index is 4.83. The molecule has 2 heterocycles. The van der Waals surface area contributed by atoms with E-state index >= 15 is 0 Å². The number of aromatic nitrogens is 1. The first kappa shape index (κ1) is 23.3. The second kappa shape index (κ2) is 10.3. The van der Waals surface area contributed by atoms with Crippen molar-refractivity contribution in [2.24, 2.45) is 11.8 Å². The number of halogens is 2. The molecule has 1 aliphatic heterocycles. The Labute approximate surface area is 195 Å². The Balaban J connectivity index is 0.000000606. The van der Waals surface area contributed by atoms with Crippen LogP contribution in [0.1, 0.15) is 38.2 Å². The topological polar surface area (TPSA) is 15.9 Å². The van der Waals surface area contributed by atoms with Crippen LogP contribution in [0.2, 0.25) is 0 Å². The fraction of sp³-hybridized carbons (Fsp3) is 0.320. The van der Waals surface area contributed by atoms with Gasteiger partial charge in [-0.1, -0.05) is 49.4 Å². The van der Waals surface area contributed by atoms with Gasteiger partial charge in [-0.3, -0.25) is 4.98 Å². The second-order valence-electron chi connectivity index (χ2n) is 8.10. The first-order valence-electron chi connectivity index (χ1n) is 10.1. The van der Waals surface area contributed by atoms with Gasteiger partial charge < -0.3 is 7.43 Å². The SMILES string of the molecule is CC1=[N+](c2ccccc2)C2CC(C)C(c3cccc4cccnc34)C2C1.[CH3-].[Cl][Cr+][Cl]. The monoisotopic (exact) mass is 478 g/mol. The van der Waals surface area contributed by atoms with E-state index in [1.807, 2.05) is 12.3 Å². The number of nitrogens with zero attached hydrogens (tertiary/aromatic N) is 2. The van der Waals surface area contributed by atoms with Crippen molar-refractivity contribution in [2.75, 3.05) is 0 Å². The van der Waals surface area contributed by atoms with Crippen molar-refractivity contribution in [1.29, 1.82) is 0 Å². The van der Waals surface area contributed by atoms with Crippen LogP contribution >= 0.6 is 20.1 Å². The quantitative estimate of drug-likeness (QED) is 0.277. The Morgan fingerprint density at radius 3 is 2.43 bits per heavy atom. The summed E-state index contributed by atoms with van der Waals surface area (Å²) in [6.45, 7) is 4.75. The number of benzene rings is 2. The van der Waals surface area contributed by atoms with Gasteiger partial charge >= 0.3 is 33.5 Å². The number of rotatable bonds is 2. The van der Waals surface area contributed by atoms with Gasteiger partial charge in [0.2, 0.25) is 5.69 Å². The van der Waals surface area contributed by atoms with Crippen LogP contribution < -0.4 is 0 Å². The summed E-state index contributed by atoms with van der Waals surface area (Å²) in [5.41, 5.74) is 5.51. The molecule has 0 bridgehead atoms. The molecule has 2 nitrogen and oxygen atoms in total. The number of fused-ring (bicyclic) bond motifs is 2. The van der Waals surface area contributed by atoms with Crippen LogP contribution in [0.3, 0.4) is 0 Å². The maximum atomic E-state index is 4.83. The Morgan fingerprint density at radius 2 is 1.70 bits per heavy atom. The zero-order chi connectivity index (χ0) is 20.4. The summed E-state index contributed by atoms with van der Waals surface area (Å²) in [4.78, 5) is 4.75. The van der Waals surface area contributed by atoms with Gasteiger partial charge in [-0.05, 0) is 23.5 Å². The van der Waals surface area contributed by atoms with Crippen LogP contribution in [0.4, 0.5) is 5.69 Å². The third-order valence-electron chi connectivity index (χ3n) is 6.51. The molecular formula is C25H28Cl2CrN2+. The molecule has 0 saturated heterocycles. The van der Waals surface area contributed by atoms with E-state index in [0.29, 0.717) is 23.8 Å². The van der Waals surface area contributed by atoms with E-state index in [0.717, 1.165) is 0 Å². The first-order valence-corrected chi connectivity index (χ1v) is 13.6. The molecule has 4 unspecified atom stereocenters. The summed E-state index contributed by atoms with van der Waals surface area (Å²) in [5.74, 6) is 1.94. The van der Waals surface area contributed by atoms with Crippen molar-refractivity contribution >= 4 is 42.4 Å². The van der Waals surface area contributed by atoms with Gasteiger partial charge in [0.1, 0.15) is 0 Å². The van der Waals surface area contributed by atoms with Crippen LogP contribution in [-0.4, -0.2) is 21.3 Å². The van der Waals surface area contributed by atoms with E-state index < -0.39 is 0 Å². The molecule has 0 amide bonds. The van der Waals surface area contributed by atoms with Crippen LogP contribution in [0.25, 0.3) is 10.9 Å². The van der Waals surface area contributed by atoms with Gasteiger partial charge in [0.05, 0.1) is 5.52 Å². The van der Waals surface area contributed by atoms with E-state index in [4.69, 9.17) is 25.1 Å². The molecule has 4 atom stereocenters. The van der Waals surface area contributed by atoms with Gasteiger partial charge in [-0.15, -0.1) is 0 Å². The fourth-order valence-corrected chi connectivity index (χ4v) is 5.58. The van der Waals surface area contributed by atoms with Crippen LogP contribution in [0.15, 0.2) is 66.9 Å². The Hall–Kier alpha value is -1.37. The van der Waals surface area contributed by atoms with Crippen molar-refractivity contribution < 1.29 is 18.0 Å². The van der Waals surface area contributed by atoms with Crippen LogP contribution in [0.5, 0.6) is 0 Å². The summed E-state index contributed by atoms with van der Waals surface area (Å²) in [6.07, 6.45) is 4.38. The van der Waals surface area contributed by atoms with E-state index in [1.54, 1.807) is 0 Å². The van der Waals surface area contributed by atoms with Gasteiger partial charge in [0.15, 0.2) is 11.8 Å². The first-order chi connectivity index (χ1) is 14.2. The molecule has 5 heteroatoms. The predicted octanol–water partition coefficient (Wildman–Crippen LogP) is 7.38. The summed E-state index contributed by atoms with van der Waals surface area (Å²) in [7, 11) is 9.65. The Kier molecular flexibility index (Phi) is 8.00. The van der Waals surface area contributed by atoms with E-state index in [9.17, 15) is 0 Å². The average Bonchev–Trinajstić information content (AvgIpc) is 3.21. The van der Waals surface area contributed by atoms with Crippen molar-refractivity contribution in [1.82, 2.24) is 4.98 Å². The van der Waals surface area contributed by atoms with Gasteiger partial charge in [-0.2, -0.15) is 4.58 Å². The molecule has 2 aliphatic rings. The van der Waals surface area contributed by atoms with Gasteiger partial charge in [-0.25, -0.2) is 0 Å². The van der Waals surface area contributed by atoms with Crippen LogP contribution in [-0.2, 0) is 13.4 Å². The molecule has 1 fully saturated rings. The van der Waals surface area contributed by atoms with E-state index in [2.05, 4.69) is 73.0 Å². The molecule has 1 aliphatic carbocycles. The summed E-state index contributed by atoms with van der Waals surface area (Å²) < 4.78 is 2.61.